The summed E-state index contributed by atoms with van der Waals surface area (Å²) >= 11 is 0. The van der Waals surface area contributed by atoms with E-state index in [4.69, 9.17) is 24.1 Å². The van der Waals surface area contributed by atoms with Crippen molar-refractivity contribution in [3.8, 4) is 0 Å². The van der Waals surface area contributed by atoms with Crippen LogP contribution in [0.3, 0.4) is 0 Å². The minimum Gasteiger partial charge on any atom is -0.479 e. The van der Waals surface area contributed by atoms with Gasteiger partial charge in [-0.3, -0.25) is 0 Å². The quantitative estimate of drug-likeness (QED) is 0.760. The van der Waals surface area contributed by atoms with E-state index in [0.717, 1.165) is 0 Å². The molecule has 0 unspecified atom stereocenters. The van der Waals surface area contributed by atoms with Crippen LogP contribution >= 0.6 is 0 Å². The SMILES string of the molecule is C[C@H](OC(=O)[C@H]1OC(C)(C)O[C@@H]1C(=O)OC(C)(C)C)C(=O)O. The highest BCUT2D eigenvalue weighted by atomic mass is 16.8. The van der Waals surface area contributed by atoms with Crippen molar-refractivity contribution in [2.24, 2.45) is 0 Å². The Bertz CT molecular complexity index is 462. The Labute approximate surface area is 128 Å². The van der Waals surface area contributed by atoms with E-state index in [2.05, 4.69) is 0 Å². The van der Waals surface area contributed by atoms with E-state index < -0.39 is 47.6 Å². The molecule has 1 rings (SSSR count). The average Bonchev–Trinajstić information content (AvgIpc) is 2.63. The second-order valence-electron chi connectivity index (χ2n) is 6.43. The van der Waals surface area contributed by atoms with Crippen LogP contribution in [-0.4, -0.2) is 52.7 Å². The first kappa shape index (κ1) is 18.4. The fourth-order valence-electron chi connectivity index (χ4n) is 1.76. The summed E-state index contributed by atoms with van der Waals surface area (Å²) in [7, 11) is 0. The minimum atomic E-state index is -1.38. The van der Waals surface area contributed by atoms with E-state index >= 15 is 0 Å². The van der Waals surface area contributed by atoms with Crippen LogP contribution in [0.15, 0.2) is 0 Å². The summed E-state index contributed by atoms with van der Waals surface area (Å²) in [4.78, 5) is 34.9. The molecule has 0 spiro atoms. The smallest absolute Gasteiger partial charge is 0.344 e. The largest absolute Gasteiger partial charge is 0.479 e. The van der Waals surface area contributed by atoms with E-state index in [0.29, 0.717) is 0 Å². The van der Waals surface area contributed by atoms with Crippen molar-refractivity contribution in [1.82, 2.24) is 0 Å². The zero-order valence-corrected chi connectivity index (χ0v) is 13.5. The van der Waals surface area contributed by atoms with Crippen molar-refractivity contribution in [3.63, 3.8) is 0 Å². The Balaban J connectivity index is 2.87. The van der Waals surface area contributed by atoms with E-state index in [9.17, 15) is 14.4 Å². The lowest BCUT2D eigenvalue weighted by atomic mass is 10.1. The summed E-state index contributed by atoms with van der Waals surface area (Å²) in [6.45, 7) is 9.27. The van der Waals surface area contributed by atoms with Crippen molar-refractivity contribution in [2.45, 2.75) is 71.2 Å². The van der Waals surface area contributed by atoms with E-state index in [1.807, 2.05) is 0 Å². The molecule has 22 heavy (non-hydrogen) atoms. The van der Waals surface area contributed by atoms with Crippen LogP contribution in [0.2, 0.25) is 0 Å². The lowest BCUT2D eigenvalue weighted by Gasteiger charge is -2.23. The number of hydrogen-bond acceptors (Lipinski definition) is 7. The molecule has 0 radical (unpaired) electrons. The summed E-state index contributed by atoms with van der Waals surface area (Å²) < 4.78 is 20.7. The number of carboxylic acids is 1. The molecule has 1 heterocycles. The molecule has 1 fully saturated rings. The first-order chi connectivity index (χ1) is 9.82. The molecule has 0 bridgehead atoms. The molecule has 0 amide bonds. The molecule has 8 heteroatoms. The number of esters is 2. The predicted octanol–water partition coefficient (Wildman–Crippen LogP) is 0.864. The highest BCUT2D eigenvalue weighted by molar-refractivity contribution is 5.87. The summed E-state index contributed by atoms with van der Waals surface area (Å²) in [6.07, 6.45) is -4.06. The van der Waals surface area contributed by atoms with Gasteiger partial charge in [-0.15, -0.1) is 0 Å². The van der Waals surface area contributed by atoms with Crippen molar-refractivity contribution >= 4 is 17.9 Å². The highest BCUT2D eigenvalue weighted by Crippen LogP contribution is 2.30. The average molecular weight is 318 g/mol. The van der Waals surface area contributed by atoms with Crippen LogP contribution in [-0.2, 0) is 33.3 Å². The van der Waals surface area contributed by atoms with Crippen LogP contribution in [0.25, 0.3) is 0 Å². The number of carboxylic acid groups (broad SMARTS) is 1. The maximum Gasteiger partial charge on any atom is 0.344 e. The molecule has 8 nitrogen and oxygen atoms in total. The highest BCUT2D eigenvalue weighted by Gasteiger charge is 2.51. The Kier molecular flexibility index (Phi) is 5.19. The Morgan fingerprint density at radius 2 is 1.55 bits per heavy atom. The Hall–Kier alpha value is -1.67. The van der Waals surface area contributed by atoms with Crippen molar-refractivity contribution < 1.29 is 38.4 Å². The normalized spacial score (nSPS) is 25.4. The molecular formula is C14H22O8. The van der Waals surface area contributed by atoms with Gasteiger partial charge in [0.1, 0.15) is 5.60 Å². The lowest BCUT2D eigenvalue weighted by molar-refractivity contribution is -0.180. The molecule has 126 valence electrons. The number of aliphatic carboxylic acids is 1. The molecular weight excluding hydrogens is 296 g/mol. The second-order valence-corrected chi connectivity index (χ2v) is 6.43. The summed E-state index contributed by atoms with van der Waals surface area (Å²) in [6, 6.07) is 0. The molecule has 0 aliphatic carbocycles. The van der Waals surface area contributed by atoms with Crippen LogP contribution in [0.4, 0.5) is 0 Å². The van der Waals surface area contributed by atoms with E-state index in [-0.39, 0.29) is 0 Å². The summed E-state index contributed by atoms with van der Waals surface area (Å²) in [5.41, 5.74) is -0.768. The van der Waals surface area contributed by atoms with E-state index in [1.165, 1.54) is 20.8 Å². The molecule has 0 aromatic heterocycles. The van der Waals surface area contributed by atoms with Gasteiger partial charge < -0.3 is 24.1 Å². The van der Waals surface area contributed by atoms with Gasteiger partial charge in [-0.25, -0.2) is 14.4 Å². The molecule has 1 N–H and O–H groups in total. The molecule has 1 saturated heterocycles. The molecule has 0 aromatic rings. The van der Waals surface area contributed by atoms with Crippen LogP contribution in [0.5, 0.6) is 0 Å². The summed E-state index contributed by atoms with van der Waals surface area (Å²) in [5, 5.41) is 8.76. The van der Waals surface area contributed by atoms with Crippen LogP contribution in [0.1, 0.15) is 41.5 Å². The van der Waals surface area contributed by atoms with Gasteiger partial charge in [0.15, 0.2) is 24.1 Å². The fraction of sp³-hybridized carbons (Fsp3) is 0.786. The number of carbonyl (C=O) groups excluding carboxylic acids is 2. The first-order valence-electron chi connectivity index (χ1n) is 6.84. The number of rotatable bonds is 4. The van der Waals surface area contributed by atoms with E-state index in [1.54, 1.807) is 20.8 Å². The monoisotopic (exact) mass is 318 g/mol. The van der Waals surface area contributed by atoms with Gasteiger partial charge in [-0.05, 0) is 41.5 Å². The standard InChI is InChI=1S/C14H22O8/c1-7(10(15)16)19-11(17)8-9(21-14(5,6)20-8)12(18)22-13(2,3)4/h7-9H,1-6H3,(H,15,16)/t7-,8-,9-/m0/s1. The zero-order chi connectivity index (χ0) is 17.3. The van der Waals surface area contributed by atoms with Gasteiger partial charge >= 0.3 is 17.9 Å². The molecule has 3 atom stereocenters. The van der Waals surface area contributed by atoms with Crippen molar-refractivity contribution in [3.05, 3.63) is 0 Å². The third-order valence-corrected chi connectivity index (χ3v) is 2.61. The molecule has 0 saturated carbocycles. The van der Waals surface area contributed by atoms with Crippen molar-refractivity contribution in [1.29, 1.82) is 0 Å². The van der Waals surface area contributed by atoms with Gasteiger partial charge in [-0.1, -0.05) is 0 Å². The maximum absolute atomic E-state index is 12.1. The van der Waals surface area contributed by atoms with Crippen LogP contribution in [0, 0.1) is 0 Å². The Morgan fingerprint density at radius 1 is 1.09 bits per heavy atom. The van der Waals surface area contributed by atoms with Gasteiger partial charge in [0.25, 0.3) is 0 Å². The van der Waals surface area contributed by atoms with Gasteiger partial charge in [0.05, 0.1) is 0 Å². The van der Waals surface area contributed by atoms with Crippen LogP contribution < -0.4 is 0 Å². The van der Waals surface area contributed by atoms with Gasteiger partial charge in [-0.2, -0.15) is 0 Å². The first-order valence-corrected chi connectivity index (χ1v) is 6.84. The third-order valence-electron chi connectivity index (χ3n) is 2.61. The van der Waals surface area contributed by atoms with Crippen molar-refractivity contribution in [2.75, 3.05) is 0 Å². The number of carbonyl (C=O) groups is 3. The molecule has 0 aromatic carbocycles. The molecule has 1 aliphatic rings. The van der Waals surface area contributed by atoms with Gasteiger partial charge in [0.2, 0.25) is 0 Å². The maximum atomic E-state index is 12.1. The minimum absolute atomic E-state index is 0.768. The second kappa shape index (κ2) is 6.21. The Morgan fingerprint density at radius 3 is 1.95 bits per heavy atom. The lowest BCUT2D eigenvalue weighted by Crippen LogP contribution is -2.43. The number of ether oxygens (including phenoxy) is 4. The molecule has 1 aliphatic heterocycles. The predicted molar refractivity (Wildman–Crippen MR) is 72.9 cm³/mol. The van der Waals surface area contributed by atoms with Gasteiger partial charge in [0, 0.05) is 0 Å². The third kappa shape index (κ3) is 4.96. The fourth-order valence-corrected chi connectivity index (χ4v) is 1.76. The zero-order valence-electron chi connectivity index (χ0n) is 13.5. The summed E-state index contributed by atoms with van der Waals surface area (Å²) in [5.74, 6) is -4.27. The topological polar surface area (TPSA) is 108 Å². The number of hydrogen-bond donors (Lipinski definition) is 1.